The zero-order valence-corrected chi connectivity index (χ0v) is 18.2. The first-order valence-corrected chi connectivity index (χ1v) is 10.5. The Morgan fingerprint density at radius 1 is 1.24 bits per heavy atom. The van der Waals surface area contributed by atoms with Crippen molar-refractivity contribution >= 4 is 29.7 Å². The Morgan fingerprint density at radius 2 is 2.00 bits per heavy atom. The van der Waals surface area contributed by atoms with Gasteiger partial charge in [0.15, 0.2) is 0 Å². The first-order valence-electron chi connectivity index (χ1n) is 10.5. The number of carbonyl (C=O) groups excluding carboxylic acids is 3. The van der Waals surface area contributed by atoms with Crippen molar-refractivity contribution in [1.29, 1.82) is 0 Å². The molecule has 2 aliphatic rings. The highest BCUT2D eigenvalue weighted by Crippen LogP contribution is 2.31. The van der Waals surface area contributed by atoms with Crippen LogP contribution in [0.4, 0.5) is 14.9 Å². The molecule has 0 spiro atoms. The van der Waals surface area contributed by atoms with Crippen LogP contribution in [-0.2, 0) is 11.3 Å². The maximum absolute atomic E-state index is 13.1. The summed E-state index contributed by atoms with van der Waals surface area (Å²) >= 11 is 0. The second-order valence-electron chi connectivity index (χ2n) is 7.98. The molecule has 172 valence electrons. The van der Waals surface area contributed by atoms with Crippen molar-refractivity contribution in [2.75, 3.05) is 19.1 Å². The highest BCUT2D eigenvalue weighted by atomic mass is 19.1. The lowest BCUT2D eigenvalue weighted by Crippen LogP contribution is -2.60. The van der Waals surface area contributed by atoms with Gasteiger partial charge in [-0.05, 0) is 48.4 Å². The number of hydrogen-bond acceptors (Lipinski definition) is 6. The zero-order valence-electron chi connectivity index (χ0n) is 18.2. The van der Waals surface area contributed by atoms with Crippen molar-refractivity contribution in [3.63, 3.8) is 0 Å². The quantitative estimate of drug-likeness (QED) is 0.323. The maximum atomic E-state index is 13.1. The van der Waals surface area contributed by atoms with Crippen LogP contribution in [0.2, 0.25) is 0 Å². The number of anilines is 1. The first-order chi connectivity index (χ1) is 15.9. The molecule has 33 heavy (non-hydrogen) atoms. The van der Waals surface area contributed by atoms with Crippen LogP contribution in [0.25, 0.3) is 0 Å². The molecule has 2 aromatic carbocycles. The molecule has 2 aromatic rings. The minimum absolute atomic E-state index is 0.0263. The number of amides is 4. The number of nitrogens with zero attached hydrogens (tertiary/aromatic N) is 2. The van der Waals surface area contributed by atoms with Crippen molar-refractivity contribution in [2.24, 2.45) is 11.0 Å². The van der Waals surface area contributed by atoms with Crippen molar-refractivity contribution in [3.8, 4) is 5.75 Å². The van der Waals surface area contributed by atoms with E-state index in [1.807, 2.05) is 13.0 Å². The number of urea groups is 1. The number of halogens is 1. The van der Waals surface area contributed by atoms with Crippen molar-refractivity contribution in [3.05, 3.63) is 59.4 Å². The largest absolute Gasteiger partial charge is 0.497 e. The number of hydrazone groups is 1. The third kappa shape index (κ3) is 4.23. The van der Waals surface area contributed by atoms with Gasteiger partial charge in [0.2, 0.25) is 0 Å². The minimum atomic E-state index is -1.39. The second-order valence-corrected chi connectivity index (χ2v) is 7.98. The summed E-state index contributed by atoms with van der Waals surface area (Å²) in [6, 6.07) is 10.3. The van der Waals surface area contributed by atoms with E-state index < -0.39 is 23.4 Å². The Labute approximate surface area is 190 Å². The van der Waals surface area contributed by atoms with E-state index in [0.717, 1.165) is 5.56 Å². The summed E-state index contributed by atoms with van der Waals surface area (Å²) in [7, 11) is 1.53. The predicted octanol–water partition coefficient (Wildman–Crippen LogP) is 2.49. The van der Waals surface area contributed by atoms with Gasteiger partial charge in [-0.2, -0.15) is 5.10 Å². The summed E-state index contributed by atoms with van der Waals surface area (Å²) in [5.41, 5.74) is 3.30. The van der Waals surface area contributed by atoms with Crippen LogP contribution in [0, 0.1) is 11.7 Å². The van der Waals surface area contributed by atoms with Crippen LogP contribution in [0.3, 0.4) is 0 Å². The van der Waals surface area contributed by atoms with Crippen LogP contribution >= 0.6 is 0 Å². The van der Waals surface area contributed by atoms with Gasteiger partial charge in [-0.15, -0.1) is 0 Å². The van der Waals surface area contributed by atoms with Gasteiger partial charge in [-0.3, -0.25) is 20.3 Å². The second kappa shape index (κ2) is 8.89. The molecular formula is C23H24FN5O4. The molecule has 0 radical (unpaired) electrons. The summed E-state index contributed by atoms with van der Waals surface area (Å²) < 4.78 is 18.3. The lowest BCUT2D eigenvalue weighted by Gasteiger charge is -2.35. The smallest absolute Gasteiger partial charge is 0.322 e. The third-order valence-electron chi connectivity index (χ3n) is 5.97. The molecule has 0 aromatic heterocycles. The van der Waals surface area contributed by atoms with E-state index in [0.29, 0.717) is 30.0 Å². The highest BCUT2D eigenvalue weighted by molar-refractivity contribution is 6.09. The number of ether oxygens (including phenoxy) is 1. The number of fused-ring (bicyclic) bond motifs is 1. The standard InChI is InChI=1S/C23H24FN5O4/c1-3-15(11-25-28-17-7-5-16(24)6-8-17)23(21(31)26-22(32)27-23)13-29-12-14-4-9-18(33-2)10-19(14)20(29)30/h4-11,15,28H,3,12-13H2,1-2H3,(H2,26,27,31,32)/b25-11-. The molecule has 1 fully saturated rings. The monoisotopic (exact) mass is 453 g/mol. The molecule has 4 amide bonds. The topological polar surface area (TPSA) is 112 Å². The van der Waals surface area contributed by atoms with Crippen LogP contribution in [0.5, 0.6) is 5.75 Å². The van der Waals surface area contributed by atoms with Gasteiger partial charge < -0.3 is 15.0 Å². The minimum Gasteiger partial charge on any atom is -0.497 e. The molecule has 2 heterocycles. The van der Waals surface area contributed by atoms with Crippen LogP contribution in [0.15, 0.2) is 47.6 Å². The number of benzene rings is 2. The molecular weight excluding hydrogens is 429 g/mol. The molecule has 4 rings (SSSR count). The Balaban J connectivity index is 1.57. The molecule has 0 saturated carbocycles. The van der Waals surface area contributed by atoms with E-state index in [-0.39, 0.29) is 18.3 Å². The van der Waals surface area contributed by atoms with E-state index in [2.05, 4.69) is 21.2 Å². The Hall–Kier alpha value is -3.95. The first kappa shape index (κ1) is 22.3. The maximum Gasteiger partial charge on any atom is 0.322 e. The summed E-state index contributed by atoms with van der Waals surface area (Å²) in [4.78, 5) is 39.7. The number of hydrogen-bond donors (Lipinski definition) is 3. The molecule has 1 saturated heterocycles. The normalized spacial score (nSPS) is 20.6. The molecule has 9 nitrogen and oxygen atoms in total. The van der Waals surface area contributed by atoms with Crippen molar-refractivity contribution < 1.29 is 23.5 Å². The summed E-state index contributed by atoms with van der Waals surface area (Å²) in [5.74, 6) is -1.09. The Kier molecular flexibility index (Phi) is 5.99. The number of carbonyl (C=O) groups is 3. The van der Waals surface area contributed by atoms with Crippen molar-refractivity contribution in [1.82, 2.24) is 15.5 Å². The summed E-state index contributed by atoms with van der Waals surface area (Å²) in [5, 5.41) is 9.23. The average molecular weight is 453 g/mol. The molecule has 2 unspecified atom stereocenters. The van der Waals surface area contributed by atoms with E-state index in [1.54, 1.807) is 17.0 Å². The van der Waals surface area contributed by atoms with Gasteiger partial charge in [0.05, 0.1) is 19.3 Å². The van der Waals surface area contributed by atoms with Crippen molar-refractivity contribution in [2.45, 2.75) is 25.4 Å². The van der Waals surface area contributed by atoms with Gasteiger partial charge in [0.1, 0.15) is 17.1 Å². The van der Waals surface area contributed by atoms with Crippen LogP contribution < -0.4 is 20.8 Å². The van der Waals surface area contributed by atoms with Gasteiger partial charge in [-0.25, -0.2) is 9.18 Å². The predicted molar refractivity (Wildman–Crippen MR) is 119 cm³/mol. The molecule has 2 aliphatic heterocycles. The fraction of sp³-hybridized carbons (Fsp3) is 0.304. The SMILES string of the molecule is CCC(/C=N\Nc1ccc(F)cc1)C1(CN2Cc3ccc(OC)cc3C2=O)NC(=O)NC1=O. The third-order valence-corrected chi connectivity index (χ3v) is 5.97. The number of methoxy groups -OCH3 is 1. The zero-order chi connectivity index (χ0) is 23.6. The lowest BCUT2D eigenvalue weighted by atomic mass is 9.82. The van der Waals surface area contributed by atoms with E-state index >= 15 is 0 Å². The van der Waals surface area contributed by atoms with Gasteiger partial charge >= 0.3 is 6.03 Å². The fourth-order valence-corrected chi connectivity index (χ4v) is 4.20. The number of rotatable bonds is 8. The molecule has 0 aliphatic carbocycles. The molecule has 0 bridgehead atoms. The Bertz CT molecular complexity index is 1120. The number of imide groups is 1. The Morgan fingerprint density at radius 3 is 2.64 bits per heavy atom. The highest BCUT2D eigenvalue weighted by Gasteiger charge is 2.53. The lowest BCUT2D eigenvalue weighted by molar-refractivity contribution is -0.125. The fourth-order valence-electron chi connectivity index (χ4n) is 4.20. The van der Waals surface area contributed by atoms with Gasteiger partial charge in [0.25, 0.3) is 11.8 Å². The molecule has 2 atom stereocenters. The summed E-state index contributed by atoms with van der Waals surface area (Å²) in [6.07, 6.45) is 2.00. The van der Waals surface area contributed by atoms with Crippen LogP contribution in [-0.4, -0.2) is 48.2 Å². The van der Waals surface area contributed by atoms with Crippen LogP contribution in [0.1, 0.15) is 29.3 Å². The van der Waals surface area contributed by atoms with Gasteiger partial charge in [-0.1, -0.05) is 13.0 Å². The molecule has 10 heteroatoms. The molecule has 3 N–H and O–H groups in total. The summed E-state index contributed by atoms with van der Waals surface area (Å²) in [6.45, 7) is 2.14. The van der Waals surface area contributed by atoms with Gasteiger partial charge in [0, 0.05) is 24.2 Å². The van der Waals surface area contributed by atoms with E-state index in [4.69, 9.17) is 4.74 Å². The number of nitrogens with one attached hydrogen (secondary N) is 3. The van der Waals surface area contributed by atoms with E-state index in [1.165, 1.54) is 37.6 Å². The average Bonchev–Trinajstić information content (AvgIpc) is 3.27. The van der Waals surface area contributed by atoms with E-state index in [9.17, 15) is 18.8 Å².